The third kappa shape index (κ3) is 3.02. The van der Waals surface area contributed by atoms with Gasteiger partial charge >= 0.3 is 0 Å². The first kappa shape index (κ1) is 15.8. The van der Waals surface area contributed by atoms with Gasteiger partial charge in [-0.3, -0.25) is 4.79 Å². The first-order valence-electron chi connectivity index (χ1n) is 7.51. The maximum absolute atomic E-state index is 12.5. The van der Waals surface area contributed by atoms with E-state index in [4.69, 9.17) is 0 Å². The zero-order chi connectivity index (χ0) is 17.1. The number of rotatable bonds is 4. The molecule has 1 amide bonds. The van der Waals surface area contributed by atoms with Crippen LogP contribution in [0.5, 0.6) is 11.5 Å². The average molecular weight is 323 g/mol. The summed E-state index contributed by atoms with van der Waals surface area (Å²) in [5, 5.41) is 33.3. The Labute approximate surface area is 138 Å². The number of phenols is 2. The smallest absolute Gasteiger partial charge is 0.255 e. The number of amides is 1. The number of aliphatic hydroxyl groups is 1. The molecule has 0 spiro atoms. The number of nitrogens with one attached hydrogen (secondary N) is 1. The lowest BCUT2D eigenvalue weighted by molar-refractivity contribution is 0.0913. The van der Waals surface area contributed by atoms with Crippen LogP contribution in [0.15, 0.2) is 60.7 Å². The molecule has 0 aromatic heterocycles. The molecule has 0 saturated heterocycles. The maximum atomic E-state index is 12.5. The second-order valence-electron chi connectivity index (χ2n) is 5.49. The molecule has 24 heavy (non-hydrogen) atoms. The van der Waals surface area contributed by atoms with Crippen LogP contribution in [0.4, 0.5) is 0 Å². The van der Waals surface area contributed by atoms with Crippen molar-refractivity contribution in [3.8, 4) is 11.5 Å². The standard InChI is InChI=1S/C19H17NO4/c21-11-17(13-4-2-1-3-5-13)20-19(24)15-9-7-12-6-8-14(22)10-16(12)18(15)23/h1-10,17,21-23H,11H2,(H,20,24). The van der Waals surface area contributed by atoms with Crippen LogP contribution < -0.4 is 5.32 Å². The largest absolute Gasteiger partial charge is 0.508 e. The summed E-state index contributed by atoms with van der Waals surface area (Å²) in [7, 11) is 0. The number of fused-ring (bicyclic) bond motifs is 1. The summed E-state index contributed by atoms with van der Waals surface area (Å²) in [6, 6.07) is 16.3. The molecule has 4 N–H and O–H groups in total. The van der Waals surface area contributed by atoms with Gasteiger partial charge in [-0.05, 0) is 29.1 Å². The van der Waals surface area contributed by atoms with Gasteiger partial charge in [0.1, 0.15) is 11.5 Å². The van der Waals surface area contributed by atoms with Crippen molar-refractivity contribution in [2.24, 2.45) is 0 Å². The van der Waals surface area contributed by atoms with Gasteiger partial charge in [-0.15, -0.1) is 0 Å². The number of aliphatic hydroxyl groups excluding tert-OH is 1. The van der Waals surface area contributed by atoms with Crippen LogP contribution in [0.3, 0.4) is 0 Å². The van der Waals surface area contributed by atoms with Crippen LogP contribution in [0.25, 0.3) is 10.8 Å². The molecule has 1 unspecified atom stereocenters. The molecule has 1 atom stereocenters. The Kier molecular flexibility index (Phi) is 4.35. The Balaban J connectivity index is 1.92. The Hall–Kier alpha value is -3.05. The van der Waals surface area contributed by atoms with E-state index in [1.807, 2.05) is 18.2 Å². The van der Waals surface area contributed by atoms with Crippen molar-refractivity contribution in [2.45, 2.75) is 6.04 Å². The van der Waals surface area contributed by atoms with E-state index >= 15 is 0 Å². The quantitative estimate of drug-likeness (QED) is 0.594. The monoisotopic (exact) mass is 323 g/mol. The van der Waals surface area contributed by atoms with E-state index in [0.29, 0.717) is 10.8 Å². The fourth-order valence-corrected chi connectivity index (χ4v) is 2.63. The summed E-state index contributed by atoms with van der Waals surface area (Å²) in [5.41, 5.74) is 0.855. The van der Waals surface area contributed by atoms with E-state index in [1.165, 1.54) is 18.2 Å². The molecule has 0 aliphatic carbocycles. The van der Waals surface area contributed by atoms with Gasteiger partial charge in [0.15, 0.2) is 0 Å². The van der Waals surface area contributed by atoms with Crippen molar-refractivity contribution in [1.29, 1.82) is 0 Å². The summed E-state index contributed by atoms with van der Waals surface area (Å²) in [5.74, 6) is -0.695. The molecule has 5 nitrogen and oxygen atoms in total. The Morgan fingerprint density at radius 2 is 1.71 bits per heavy atom. The zero-order valence-corrected chi connectivity index (χ0v) is 12.8. The summed E-state index contributed by atoms with van der Waals surface area (Å²) >= 11 is 0. The van der Waals surface area contributed by atoms with Gasteiger partial charge in [0, 0.05) is 5.39 Å². The summed E-state index contributed by atoms with van der Waals surface area (Å²) < 4.78 is 0. The zero-order valence-electron chi connectivity index (χ0n) is 12.8. The summed E-state index contributed by atoms with van der Waals surface area (Å²) in [4.78, 5) is 12.5. The molecule has 3 aromatic rings. The molecule has 0 aliphatic heterocycles. The third-order valence-electron chi connectivity index (χ3n) is 3.91. The molecule has 0 bridgehead atoms. The van der Waals surface area contributed by atoms with Gasteiger partial charge in [-0.25, -0.2) is 0 Å². The van der Waals surface area contributed by atoms with Gasteiger partial charge in [-0.2, -0.15) is 0 Å². The molecule has 0 saturated carbocycles. The van der Waals surface area contributed by atoms with E-state index < -0.39 is 11.9 Å². The highest BCUT2D eigenvalue weighted by Crippen LogP contribution is 2.31. The molecule has 122 valence electrons. The minimum Gasteiger partial charge on any atom is -0.508 e. The Morgan fingerprint density at radius 1 is 1.00 bits per heavy atom. The Bertz CT molecular complexity index is 877. The first-order chi connectivity index (χ1) is 11.6. The van der Waals surface area contributed by atoms with Gasteiger partial charge in [0.05, 0.1) is 18.2 Å². The lowest BCUT2D eigenvalue weighted by atomic mass is 10.0. The van der Waals surface area contributed by atoms with Crippen molar-refractivity contribution >= 4 is 16.7 Å². The number of carbonyl (C=O) groups is 1. The number of hydrogen-bond donors (Lipinski definition) is 4. The molecular formula is C19H17NO4. The molecule has 0 heterocycles. The van der Waals surface area contributed by atoms with Crippen molar-refractivity contribution in [1.82, 2.24) is 5.32 Å². The fourth-order valence-electron chi connectivity index (χ4n) is 2.63. The Morgan fingerprint density at radius 3 is 2.42 bits per heavy atom. The number of carbonyl (C=O) groups excluding carboxylic acids is 1. The molecular weight excluding hydrogens is 306 g/mol. The molecule has 5 heteroatoms. The van der Waals surface area contributed by atoms with Crippen molar-refractivity contribution in [3.63, 3.8) is 0 Å². The number of phenolic OH excluding ortho intramolecular Hbond substituents is 2. The van der Waals surface area contributed by atoms with E-state index in [1.54, 1.807) is 24.3 Å². The number of aromatic hydroxyl groups is 2. The van der Waals surface area contributed by atoms with Crippen LogP contribution in [0.1, 0.15) is 22.0 Å². The minimum atomic E-state index is -0.571. The van der Waals surface area contributed by atoms with Crippen LogP contribution >= 0.6 is 0 Å². The topological polar surface area (TPSA) is 89.8 Å². The van der Waals surface area contributed by atoms with Gasteiger partial charge in [-0.1, -0.05) is 42.5 Å². The molecule has 3 aromatic carbocycles. The maximum Gasteiger partial charge on any atom is 0.255 e. The predicted molar refractivity (Wildman–Crippen MR) is 91.0 cm³/mol. The minimum absolute atomic E-state index is 0.00729. The lowest BCUT2D eigenvalue weighted by Crippen LogP contribution is -2.30. The fraction of sp³-hybridized carbons (Fsp3) is 0.105. The highest BCUT2D eigenvalue weighted by atomic mass is 16.3. The first-order valence-corrected chi connectivity index (χ1v) is 7.51. The van der Waals surface area contributed by atoms with Gasteiger partial charge < -0.3 is 20.6 Å². The molecule has 3 rings (SSSR count). The van der Waals surface area contributed by atoms with E-state index in [0.717, 1.165) is 5.56 Å². The number of benzene rings is 3. The second kappa shape index (κ2) is 6.60. The number of hydrogen-bond acceptors (Lipinski definition) is 4. The SMILES string of the molecule is O=C(NC(CO)c1ccccc1)c1ccc2ccc(O)cc2c1O. The molecule has 0 aliphatic rings. The lowest BCUT2D eigenvalue weighted by Gasteiger charge is -2.17. The van der Waals surface area contributed by atoms with Gasteiger partial charge in [0.25, 0.3) is 5.91 Å². The van der Waals surface area contributed by atoms with E-state index in [-0.39, 0.29) is 23.7 Å². The third-order valence-corrected chi connectivity index (χ3v) is 3.91. The van der Waals surface area contributed by atoms with Crippen molar-refractivity contribution < 1.29 is 20.1 Å². The normalized spacial score (nSPS) is 12.0. The highest BCUT2D eigenvalue weighted by molar-refractivity contribution is 6.04. The molecule has 0 radical (unpaired) electrons. The average Bonchev–Trinajstić information content (AvgIpc) is 2.61. The van der Waals surface area contributed by atoms with E-state index in [9.17, 15) is 20.1 Å². The van der Waals surface area contributed by atoms with Crippen molar-refractivity contribution in [2.75, 3.05) is 6.61 Å². The second-order valence-corrected chi connectivity index (χ2v) is 5.49. The molecule has 0 fully saturated rings. The van der Waals surface area contributed by atoms with Crippen LogP contribution in [-0.2, 0) is 0 Å². The van der Waals surface area contributed by atoms with Crippen LogP contribution in [0.2, 0.25) is 0 Å². The van der Waals surface area contributed by atoms with Crippen molar-refractivity contribution in [3.05, 3.63) is 71.8 Å². The highest BCUT2D eigenvalue weighted by Gasteiger charge is 2.18. The van der Waals surface area contributed by atoms with Gasteiger partial charge in [0.2, 0.25) is 0 Å². The van der Waals surface area contributed by atoms with Crippen LogP contribution in [-0.4, -0.2) is 27.8 Å². The van der Waals surface area contributed by atoms with E-state index in [2.05, 4.69) is 5.32 Å². The van der Waals surface area contributed by atoms with Crippen LogP contribution in [0, 0.1) is 0 Å². The predicted octanol–water partition coefficient (Wildman–Crippen LogP) is 2.71. The summed E-state index contributed by atoms with van der Waals surface area (Å²) in [6.07, 6.45) is 0. The summed E-state index contributed by atoms with van der Waals surface area (Å²) in [6.45, 7) is -0.259.